The quantitative estimate of drug-likeness (QED) is 0.727. The third kappa shape index (κ3) is 3.52. The van der Waals surface area contributed by atoms with E-state index in [-0.39, 0.29) is 5.56 Å². The third-order valence-corrected chi connectivity index (χ3v) is 1.80. The van der Waals surface area contributed by atoms with Gasteiger partial charge in [0.2, 0.25) is 0 Å². The van der Waals surface area contributed by atoms with E-state index in [2.05, 4.69) is 5.32 Å². The summed E-state index contributed by atoms with van der Waals surface area (Å²) in [6, 6.07) is 5.86. The molecule has 0 bridgehead atoms. The molecule has 0 aromatic heterocycles. The molecule has 1 rings (SSSR count). The molecule has 0 unspecified atom stereocenters. The molecule has 1 amide bonds. The second-order valence-corrected chi connectivity index (χ2v) is 2.90. The molecule has 0 heterocycles. The summed E-state index contributed by atoms with van der Waals surface area (Å²) in [6.45, 7) is 0.778. The predicted octanol–water partition coefficient (Wildman–Crippen LogP) is 1.07. The molecule has 0 aliphatic carbocycles. The molecule has 0 fully saturated rings. The number of hydrogen-bond acceptors (Lipinski definition) is 2. The van der Waals surface area contributed by atoms with Crippen LogP contribution in [0.2, 0.25) is 0 Å². The maximum Gasteiger partial charge on any atom is 0.254 e. The van der Waals surface area contributed by atoms with Crippen molar-refractivity contribution in [1.82, 2.24) is 5.32 Å². The third-order valence-electron chi connectivity index (χ3n) is 1.80. The lowest BCUT2D eigenvalue weighted by molar-refractivity contribution is 0.0954. The van der Waals surface area contributed by atoms with Crippen molar-refractivity contribution < 1.29 is 9.18 Å². The number of hydrogen-bond donors (Lipinski definition) is 2. The number of benzene rings is 1. The number of nitrogens with one attached hydrogen (secondary N) is 1. The van der Waals surface area contributed by atoms with Crippen LogP contribution in [0.3, 0.4) is 0 Å². The van der Waals surface area contributed by atoms with Crippen LogP contribution in [0.1, 0.15) is 10.4 Å². The molecule has 0 spiro atoms. The first-order chi connectivity index (χ1) is 7.25. The van der Waals surface area contributed by atoms with Gasteiger partial charge < -0.3 is 11.1 Å². The van der Waals surface area contributed by atoms with Gasteiger partial charge in [0.15, 0.2) is 0 Å². The van der Waals surface area contributed by atoms with Gasteiger partial charge in [-0.1, -0.05) is 24.3 Å². The zero-order valence-corrected chi connectivity index (χ0v) is 8.24. The van der Waals surface area contributed by atoms with Crippen molar-refractivity contribution in [2.45, 2.75) is 0 Å². The highest BCUT2D eigenvalue weighted by molar-refractivity contribution is 5.94. The second kappa shape index (κ2) is 5.93. The van der Waals surface area contributed by atoms with Gasteiger partial charge in [-0.15, -0.1) is 0 Å². The SMILES string of the molecule is NC/C=C/CNC(=O)c1ccccc1F. The maximum absolute atomic E-state index is 13.1. The monoisotopic (exact) mass is 208 g/mol. The first-order valence-electron chi connectivity index (χ1n) is 4.63. The first-order valence-corrected chi connectivity index (χ1v) is 4.63. The molecular weight excluding hydrogens is 195 g/mol. The molecule has 0 aliphatic heterocycles. The number of halogens is 1. The summed E-state index contributed by atoms with van der Waals surface area (Å²) < 4.78 is 13.1. The van der Waals surface area contributed by atoms with E-state index in [1.165, 1.54) is 12.1 Å². The Balaban J connectivity index is 2.54. The number of rotatable bonds is 4. The van der Waals surface area contributed by atoms with Crippen molar-refractivity contribution in [3.63, 3.8) is 0 Å². The summed E-state index contributed by atoms with van der Waals surface area (Å²) in [7, 11) is 0. The second-order valence-electron chi connectivity index (χ2n) is 2.90. The van der Waals surface area contributed by atoms with E-state index in [0.29, 0.717) is 13.1 Å². The number of nitrogens with two attached hydrogens (primary N) is 1. The van der Waals surface area contributed by atoms with Crippen LogP contribution < -0.4 is 11.1 Å². The van der Waals surface area contributed by atoms with Crippen LogP contribution in [0.25, 0.3) is 0 Å². The Morgan fingerprint density at radius 1 is 1.40 bits per heavy atom. The van der Waals surface area contributed by atoms with E-state index in [4.69, 9.17) is 5.73 Å². The predicted molar refractivity (Wildman–Crippen MR) is 56.9 cm³/mol. The molecule has 15 heavy (non-hydrogen) atoms. The number of carbonyl (C=O) groups excluding carboxylic acids is 1. The molecule has 3 N–H and O–H groups in total. The van der Waals surface area contributed by atoms with Crippen LogP contribution in [0, 0.1) is 5.82 Å². The van der Waals surface area contributed by atoms with Crippen molar-refractivity contribution in [3.05, 3.63) is 47.8 Å². The van der Waals surface area contributed by atoms with E-state index in [1.54, 1.807) is 24.3 Å². The Labute approximate surface area is 87.8 Å². The fourth-order valence-corrected chi connectivity index (χ4v) is 1.07. The van der Waals surface area contributed by atoms with Crippen molar-refractivity contribution in [1.29, 1.82) is 0 Å². The fourth-order valence-electron chi connectivity index (χ4n) is 1.07. The lowest BCUT2D eigenvalue weighted by Crippen LogP contribution is -2.24. The van der Waals surface area contributed by atoms with E-state index < -0.39 is 11.7 Å². The van der Waals surface area contributed by atoms with Gasteiger partial charge in [0.1, 0.15) is 5.82 Å². The normalized spacial score (nSPS) is 10.5. The lowest BCUT2D eigenvalue weighted by atomic mass is 10.2. The van der Waals surface area contributed by atoms with Gasteiger partial charge in [-0.2, -0.15) is 0 Å². The van der Waals surface area contributed by atoms with Crippen molar-refractivity contribution >= 4 is 5.91 Å². The molecule has 3 nitrogen and oxygen atoms in total. The summed E-state index contributed by atoms with van der Waals surface area (Å²) in [6.07, 6.45) is 3.44. The number of amides is 1. The van der Waals surface area contributed by atoms with Crippen LogP contribution in [0.5, 0.6) is 0 Å². The molecule has 80 valence electrons. The zero-order chi connectivity index (χ0) is 11.1. The fraction of sp³-hybridized carbons (Fsp3) is 0.182. The van der Waals surface area contributed by atoms with Crippen molar-refractivity contribution in [2.75, 3.05) is 13.1 Å². The van der Waals surface area contributed by atoms with Gasteiger partial charge in [0.05, 0.1) is 5.56 Å². The van der Waals surface area contributed by atoms with E-state index in [0.717, 1.165) is 0 Å². The summed E-state index contributed by atoms with van der Waals surface area (Å²) >= 11 is 0. The van der Waals surface area contributed by atoms with Crippen LogP contribution in [0.4, 0.5) is 4.39 Å². The van der Waals surface area contributed by atoms with Crippen LogP contribution in [-0.4, -0.2) is 19.0 Å². The average molecular weight is 208 g/mol. The standard InChI is InChI=1S/C11H13FN2O/c12-10-6-2-1-5-9(10)11(15)14-8-4-3-7-13/h1-6H,7-8,13H2,(H,14,15)/b4-3+. The van der Waals surface area contributed by atoms with Crippen molar-refractivity contribution in [3.8, 4) is 0 Å². The van der Waals surface area contributed by atoms with E-state index in [1.807, 2.05) is 0 Å². The van der Waals surface area contributed by atoms with Crippen molar-refractivity contribution in [2.24, 2.45) is 5.73 Å². The molecule has 0 saturated heterocycles. The highest BCUT2D eigenvalue weighted by Gasteiger charge is 2.08. The molecule has 1 aromatic rings. The van der Waals surface area contributed by atoms with Gasteiger partial charge in [-0.05, 0) is 12.1 Å². The number of carbonyl (C=O) groups is 1. The minimum atomic E-state index is -0.516. The topological polar surface area (TPSA) is 55.1 Å². The zero-order valence-electron chi connectivity index (χ0n) is 8.24. The first kappa shape index (κ1) is 11.4. The summed E-state index contributed by atoms with van der Waals surface area (Å²) in [4.78, 5) is 11.4. The Morgan fingerprint density at radius 2 is 2.13 bits per heavy atom. The smallest absolute Gasteiger partial charge is 0.254 e. The summed E-state index contributed by atoms with van der Waals surface area (Å²) in [5, 5.41) is 2.55. The Morgan fingerprint density at radius 3 is 2.80 bits per heavy atom. The summed E-state index contributed by atoms with van der Waals surface area (Å²) in [5.41, 5.74) is 5.28. The summed E-state index contributed by atoms with van der Waals surface area (Å²) in [5.74, 6) is -0.937. The van der Waals surface area contributed by atoms with Gasteiger partial charge in [0, 0.05) is 13.1 Å². The van der Waals surface area contributed by atoms with Gasteiger partial charge in [-0.3, -0.25) is 4.79 Å². The van der Waals surface area contributed by atoms with E-state index >= 15 is 0 Å². The largest absolute Gasteiger partial charge is 0.348 e. The molecular formula is C11H13FN2O. The Bertz CT molecular complexity index is 363. The lowest BCUT2D eigenvalue weighted by Gasteiger charge is -2.02. The molecule has 0 atom stereocenters. The highest BCUT2D eigenvalue weighted by Crippen LogP contribution is 2.05. The van der Waals surface area contributed by atoms with Crippen LogP contribution in [0.15, 0.2) is 36.4 Å². The maximum atomic E-state index is 13.1. The average Bonchev–Trinajstić information content (AvgIpc) is 2.25. The van der Waals surface area contributed by atoms with Crippen LogP contribution in [-0.2, 0) is 0 Å². The van der Waals surface area contributed by atoms with E-state index in [9.17, 15) is 9.18 Å². The molecule has 0 radical (unpaired) electrons. The Kier molecular flexibility index (Phi) is 4.50. The molecule has 4 heteroatoms. The minimum absolute atomic E-state index is 0.0543. The van der Waals surface area contributed by atoms with Crippen LogP contribution >= 0.6 is 0 Å². The minimum Gasteiger partial charge on any atom is -0.348 e. The highest BCUT2D eigenvalue weighted by atomic mass is 19.1. The Hall–Kier alpha value is -1.68. The molecule has 0 saturated carbocycles. The molecule has 0 aliphatic rings. The van der Waals surface area contributed by atoms with Gasteiger partial charge in [0.25, 0.3) is 5.91 Å². The van der Waals surface area contributed by atoms with Gasteiger partial charge in [-0.25, -0.2) is 4.39 Å². The molecule has 1 aromatic carbocycles. The van der Waals surface area contributed by atoms with Gasteiger partial charge >= 0.3 is 0 Å².